The molecule has 3 aliphatic rings. The summed E-state index contributed by atoms with van der Waals surface area (Å²) in [5.74, 6) is -11.0. The maximum Gasteiger partial charge on any atom is 0.471 e. The highest BCUT2D eigenvalue weighted by Crippen LogP contribution is 2.50. The molecule has 3 N–H and O–H groups in total. The van der Waals surface area contributed by atoms with Gasteiger partial charge in [-0.2, -0.15) is 17.6 Å². The third kappa shape index (κ3) is 7.75. The normalized spacial score (nSPS) is 27.7. The van der Waals surface area contributed by atoms with Gasteiger partial charge in [-0.15, -0.1) is 0 Å². The minimum atomic E-state index is -5.33. The van der Waals surface area contributed by atoms with Crippen molar-refractivity contribution in [1.82, 2.24) is 20.9 Å². The van der Waals surface area contributed by atoms with Crippen LogP contribution in [-0.4, -0.2) is 86.5 Å². The molecule has 6 atom stereocenters. The Morgan fingerprint density at radius 3 is 2.26 bits per heavy atom. The second-order valence-corrected chi connectivity index (χ2v) is 14.2. The lowest BCUT2D eigenvalue weighted by Gasteiger charge is -2.37. The molecule has 17 heteroatoms. The SMILES string of the molecule is CC(C)(C)[C@H](NC(=O)C(F)(F)F)C(=O)N1C[C@H]2CC(F)(F)C[C@H]2[C@@H]1C(=O)N[C@H](/C=C(\F)S(C)(=O)=O)C[C@H]1CCNC1=O. The number of carbonyl (C=O) groups excluding carboxylic acids is 4. The van der Waals surface area contributed by atoms with Crippen LogP contribution in [0.15, 0.2) is 11.2 Å². The van der Waals surface area contributed by atoms with Crippen molar-refractivity contribution in [1.29, 1.82) is 0 Å². The van der Waals surface area contributed by atoms with Crippen molar-refractivity contribution in [3.8, 4) is 0 Å². The molecule has 0 bridgehead atoms. The second-order valence-electron chi connectivity index (χ2n) is 12.3. The van der Waals surface area contributed by atoms with Crippen molar-refractivity contribution in [2.75, 3.05) is 19.3 Å². The third-order valence-electron chi connectivity index (χ3n) is 7.79. The third-order valence-corrected chi connectivity index (χ3v) is 8.63. The highest BCUT2D eigenvalue weighted by atomic mass is 32.2. The molecule has 0 aromatic heterocycles. The number of rotatable bonds is 8. The van der Waals surface area contributed by atoms with Crippen LogP contribution in [0.2, 0.25) is 0 Å². The topological polar surface area (TPSA) is 142 Å². The molecule has 3 rings (SSSR count). The maximum atomic E-state index is 14.5. The van der Waals surface area contributed by atoms with Gasteiger partial charge in [-0.25, -0.2) is 17.2 Å². The summed E-state index contributed by atoms with van der Waals surface area (Å²) in [4.78, 5) is 52.0. The summed E-state index contributed by atoms with van der Waals surface area (Å²) in [5, 5.41) is 4.95. The molecule has 238 valence electrons. The Morgan fingerprint density at radius 2 is 1.76 bits per heavy atom. The van der Waals surface area contributed by atoms with Crippen LogP contribution in [0.1, 0.15) is 46.5 Å². The van der Waals surface area contributed by atoms with Crippen LogP contribution in [0.25, 0.3) is 0 Å². The Labute approximate surface area is 238 Å². The smallest absolute Gasteiger partial charge is 0.356 e. The first-order valence-corrected chi connectivity index (χ1v) is 15.1. The van der Waals surface area contributed by atoms with Gasteiger partial charge in [0, 0.05) is 38.1 Å². The van der Waals surface area contributed by atoms with Crippen molar-refractivity contribution in [3.63, 3.8) is 0 Å². The molecule has 0 radical (unpaired) electrons. The first-order chi connectivity index (χ1) is 19.0. The number of alkyl halides is 5. The van der Waals surface area contributed by atoms with Crippen LogP contribution in [0, 0.1) is 23.2 Å². The van der Waals surface area contributed by atoms with E-state index in [1.54, 1.807) is 5.32 Å². The number of amides is 4. The summed E-state index contributed by atoms with van der Waals surface area (Å²) >= 11 is 0. The Balaban J connectivity index is 1.97. The summed E-state index contributed by atoms with van der Waals surface area (Å²) in [7, 11) is -4.36. The van der Waals surface area contributed by atoms with E-state index in [1.165, 1.54) is 20.8 Å². The van der Waals surface area contributed by atoms with Gasteiger partial charge < -0.3 is 20.9 Å². The molecule has 0 aromatic rings. The van der Waals surface area contributed by atoms with E-state index < -0.39 is 111 Å². The van der Waals surface area contributed by atoms with E-state index >= 15 is 0 Å². The molecule has 0 unspecified atom stereocenters. The minimum Gasteiger partial charge on any atom is -0.356 e. The monoisotopic (exact) mass is 632 g/mol. The molecular formula is C25H34F6N4O6S. The summed E-state index contributed by atoms with van der Waals surface area (Å²) in [6, 6.07) is -4.87. The van der Waals surface area contributed by atoms with Crippen molar-refractivity contribution in [2.24, 2.45) is 23.2 Å². The summed E-state index contributed by atoms with van der Waals surface area (Å²) in [5.41, 5.74) is -1.31. The molecule has 3 fully saturated rings. The predicted molar refractivity (Wildman–Crippen MR) is 136 cm³/mol. The molecule has 0 aromatic carbocycles. The van der Waals surface area contributed by atoms with E-state index in [1.807, 2.05) is 0 Å². The second kappa shape index (κ2) is 11.7. The van der Waals surface area contributed by atoms with Crippen LogP contribution in [-0.2, 0) is 29.0 Å². The van der Waals surface area contributed by atoms with Gasteiger partial charge in [0.05, 0.1) is 6.04 Å². The molecule has 2 saturated heterocycles. The van der Waals surface area contributed by atoms with Crippen molar-refractivity contribution < 1.29 is 53.9 Å². The standard InChI is InChI=1S/C25H34F6N4O6S/c1-23(2,3)18(34-22(39)25(29,30)31)21(38)35-11-13-9-24(27,28)10-15(13)17(35)20(37)33-14(8-16(26)42(4,40)41)7-12-5-6-32-19(12)36/h8,12-15,17-18H,5-7,9-11H2,1-4H3,(H,32,36)(H,33,37)(H,34,39)/b16-8+/t12-,13-,14+,15-,17-,18-/m1/s1. The highest BCUT2D eigenvalue weighted by molar-refractivity contribution is 7.94. The van der Waals surface area contributed by atoms with Crippen LogP contribution < -0.4 is 16.0 Å². The molecule has 10 nitrogen and oxygen atoms in total. The van der Waals surface area contributed by atoms with Crippen LogP contribution >= 0.6 is 0 Å². The number of carbonyl (C=O) groups is 4. The molecule has 2 aliphatic heterocycles. The average molecular weight is 633 g/mol. The Hall–Kier alpha value is -2.85. The van der Waals surface area contributed by atoms with E-state index in [2.05, 4.69) is 10.6 Å². The van der Waals surface area contributed by atoms with Crippen LogP contribution in [0.4, 0.5) is 26.3 Å². The Morgan fingerprint density at radius 1 is 1.14 bits per heavy atom. The fourth-order valence-corrected chi connectivity index (χ4v) is 6.19. The molecule has 1 aliphatic carbocycles. The lowest BCUT2D eigenvalue weighted by Crippen LogP contribution is -2.60. The number of fused-ring (bicyclic) bond motifs is 1. The summed E-state index contributed by atoms with van der Waals surface area (Å²) in [6.45, 7) is 3.97. The van der Waals surface area contributed by atoms with E-state index in [0.29, 0.717) is 12.3 Å². The van der Waals surface area contributed by atoms with Gasteiger partial charge in [-0.05, 0) is 36.2 Å². The van der Waals surface area contributed by atoms with Crippen molar-refractivity contribution in [3.05, 3.63) is 11.2 Å². The van der Waals surface area contributed by atoms with Crippen molar-refractivity contribution in [2.45, 2.75) is 76.7 Å². The van der Waals surface area contributed by atoms with E-state index in [9.17, 15) is 53.9 Å². The number of hydrogen-bond acceptors (Lipinski definition) is 6. The number of nitrogens with one attached hydrogen (secondary N) is 3. The van der Waals surface area contributed by atoms with Crippen LogP contribution in [0.5, 0.6) is 0 Å². The summed E-state index contributed by atoms with van der Waals surface area (Å²) < 4.78 is 106. The molecule has 1 saturated carbocycles. The zero-order valence-electron chi connectivity index (χ0n) is 23.4. The maximum absolute atomic E-state index is 14.5. The molecule has 2 heterocycles. The van der Waals surface area contributed by atoms with E-state index in [4.69, 9.17) is 0 Å². The highest BCUT2D eigenvalue weighted by Gasteiger charge is 2.59. The lowest BCUT2D eigenvalue weighted by molar-refractivity contribution is -0.176. The number of halogens is 6. The molecule has 4 amide bonds. The van der Waals surface area contributed by atoms with Gasteiger partial charge in [-0.1, -0.05) is 20.8 Å². The fourth-order valence-electron chi connectivity index (χ4n) is 5.78. The Kier molecular flexibility index (Phi) is 9.36. The quantitative estimate of drug-likeness (QED) is 0.349. The number of likely N-dealkylation sites (tertiary alicyclic amines) is 1. The minimum absolute atomic E-state index is 0.252. The Bertz CT molecular complexity index is 1250. The molecule has 0 spiro atoms. The van der Waals surface area contributed by atoms with Gasteiger partial charge in [0.1, 0.15) is 12.1 Å². The van der Waals surface area contributed by atoms with Gasteiger partial charge in [0.25, 0.3) is 0 Å². The number of sulfone groups is 1. The fraction of sp³-hybridized carbons (Fsp3) is 0.760. The van der Waals surface area contributed by atoms with E-state index in [-0.39, 0.29) is 19.4 Å². The molecule has 42 heavy (non-hydrogen) atoms. The summed E-state index contributed by atoms with van der Waals surface area (Å²) in [6.07, 6.45) is -5.67. The van der Waals surface area contributed by atoms with Crippen molar-refractivity contribution >= 4 is 33.5 Å². The first-order valence-electron chi connectivity index (χ1n) is 13.2. The first kappa shape index (κ1) is 33.6. The molecular weight excluding hydrogens is 598 g/mol. The zero-order valence-corrected chi connectivity index (χ0v) is 24.2. The zero-order chi connectivity index (χ0) is 32.0. The number of hydrogen-bond donors (Lipinski definition) is 3. The van der Waals surface area contributed by atoms with E-state index in [0.717, 1.165) is 4.90 Å². The predicted octanol–water partition coefficient (Wildman–Crippen LogP) is 1.82. The van der Waals surface area contributed by atoms with Gasteiger partial charge in [0.15, 0.2) is 0 Å². The van der Waals surface area contributed by atoms with Gasteiger partial charge >= 0.3 is 12.1 Å². The lowest BCUT2D eigenvalue weighted by atomic mass is 9.85. The average Bonchev–Trinajstić information content (AvgIpc) is 3.45. The van der Waals surface area contributed by atoms with Crippen LogP contribution in [0.3, 0.4) is 0 Å². The van der Waals surface area contributed by atoms with Gasteiger partial charge in [-0.3, -0.25) is 19.2 Å². The van der Waals surface area contributed by atoms with Gasteiger partial charge in [0.2, 0.25) is 38.6 Å². The number of nitrogens with zero attached hydrogens (tertiary/aromatic N) is 1. The largest absolute Gasteiger partial charge is 0.471 e.